The molecule has 33 heavy (non-hydrogen) atoms. The van der Waals surface area contributed by atoms with E-state index in [9.17, 15) is 9.59 Å². The topological polar surface area (TPSA) is 47.1 Å². The lowest BCUT2D eigenvalue weighted by Gasteiger charge is -2.42. The van der Waals surface area contributed by atoms with Crippen LogP contribution < -0.4 is 0 Å². The van der Waals surface area contributed by atoms with E-state index in [4.69, 9.17) is 0 Å². The van der Waals surface area contributed by atoms with Crippen LogP contribution in [0.5, 0.6) is 0 Å². The summed E-state index contributed by atoms with van der Waals surface area (Å²) in [5.41, 5.74) is 1.78. The van der Waals surface area contributed by atoms with Crippen molar-refractivity contribution in [3.63, 3.8) is 0 Å². The maximum absolute atomic E-state index is 13.7. The molecule has 2 aromatic carbocycles. The van der Waals surface area contributed by atoms with Crippen LogP contribution in [0.1, 0.15) is 30.4 Å². The predicted octanol–water partition coefficient (Wildman–Crippen LogP) is 3.48. The summed E-state index contributed by atoms with van der Waals surface area (Å²) in [4.78, 5) is 35.1. The van der Waals surface area contributed by atoms with E-state index in [0.29, 0.717) is 25.9 Å². The molecular formula is C27H36N4O2. The van der Waals surface area contributed by atoms with E-state index < -0.39 is 5.54 Å². The predicted molar refractivity (Wildman–Crippen MR) is 131 cm³/mol. The van der Waals surface area contributed by atoms with E-state index in [1.165, 1.54) is 16.0 Å². The van der Waals surface area contributed by atoms with E-state index in [-0.39, 0.29) is 11.9 Å². The summed E-state index contributed by atoms with van der Waals surface area (Å²) in [6.07, 6.45) is 2.96. The minimum atomic E-state index is -0.697. The summed E-state index contributed by atoms with van der Waals surface area (Å²) in [6, 6.07) is 20.6. The number of carbonyl (C=O) groups excluding carboxylic acids is 2. The van der Waals surface area contributed by atoms with Crippen LogP contribution in [0.15, 0.2) is 60.7 Å². The highest BCUT2D eigenvalue weighted by Gasteiger charge is 2.57. The molecule has 0 N–H and O–H groups in total. The van der Waals surface area contributed by atoms with Gasteiger partial charge < -0.3 is 9.80 Å². The lowest BCUT2D eigenvalue weighted by Crippen LogP contribution is -2.56. The third-order valence-corrected chi connectivity index (χ3v) is 7.01. The van der Waals surface area contributed by atoms with Gasteiger partial charge in [0.05, 0.1) is 0 Å². The maximum atomic E-state index is 13.7. The van der Waals surface area contributed by atoms with Crippen molar-refractivity contribution < 1.29 is 9.59 Å². The van der Waals surface area contributed by atoms with Crippen molar-refractivity contribution in [2.45, 2.75) is 37.8 Å². The van der Waals surface area contributed by atoms with Crippen molar-refractivity contribution in [2.24, 2.45) is 0 Å². The second kappa shape index (κ2) is 10.5. The second-order valence-corrected chi connectivity index (χ2v) is 9.58. The largest absolute Gasteiger partial charge is 0.327 e. The Hall–Kier alpha value is -2.70. The molecule has 1 spiro atoms. The molecule has 2 saturated heterocycles. The standard InChI is InChI=1S/C27H36N4O2/c1-28(2)17-9-18-30-25(32)27(31(26(30)33)19-14-23-10-5-3-6-11-23)15-20-29(21-16-27)22-24-12-7-4-8-13-24/h3-8,10-13H,9,14-22H2,1-2H3. The van der Waals surface area contributed by atoms with Crippen LogP contribution in [-0.2, 0) is 17.8 Å². The van der Waals surface area contributed by atoms with Gasteiger partial charge in [0.1, 0.15) is 5.54 Å². The number of imide groups is 1. The Morgan fingerprint density at radius 2 is 1.45 bits per heavy atom. The summed E-state index contributed by atoms with van der Waals surface area (Å²) in [5.74, 6) is 0.0127. The molecule has 0 aromatic heterocycles. The van der Waals surface area contributed by atoms with E-state index >= 15 is 0 Å². The molecule has 0 atom stereocenters. The molecule has 0 aliphatic carbocycles. The molecule has 0 unspecified atom stereocenters. The minimum absolute atomic E-state index is 0.0127. The number of likely N-dealkylation sites (tertiary alicyclic amines) is 1. The summed E-state index contributed by atoms with van der Waals surface area (Å²) in [7, 11) is 4.04. The smallest absolute Gasteiger partial charge is 0.309 e. The van der Waals surface area contributed by atoms with E-state index in [2.05, 4.69) is 46.2 Å². The van der Waals surface area contributed by atoms with Crippen molar-refractivity contribution in [3.8, 4) is 0 Å². The van der Waals surface area contributed by atoms with Crippen LogP contribution >= 0.6 is 0 Å². The molecule has 2 aliphatic rings. The van der Waals surface area contributed by atoms with Gasteiger partial charge in [-0.25, -0.2) is 4.79 Å². The normalized spacial score (nSPS) is 18.6. The molecule has 6 heteroatoms. The highest BCUT2D eigenvalue weighted by molar-refractivity contribution is 6.07. The summed E-state index contributed by atoms with van der Waals surface area (Å²) in [5, 5.41) is 0. The zero-order valence-electron chi connectivity index (χ0n) is 19.9. The van der Waals surface area contributed by atoms with Crippen LogP contribution in [0, 0.1) is 0 Å². The summed E-state index contributed by atoms with van der Waals surface area (Å²) >= 11 is 0. The quantitative estimate of drug-likeness (QED) is 0.551. The highest BCUT2D eigenvalue weighted by atomic mass is 16.2. The molecule has 0 saturated carbocycles. The van der Waals surface area contributed by atoms with Crippen molar-refractivity contribution in [1.82, 2.24) is 19.6 Å². The average Bonchev–Trinajstić information content (AvgIpc) is 3.01. The van der Waals surface area contributed by atoms with Gasteiger partial charge in [-0.3, -0.25) is 14.6 Å². The Kier molecular flexibility index (Phi) is 7.46. The Morgan fingerprint density at radius 1 is 0.848 bits per heavy atom. The molecule has 3 amide bonds. The molecule has 2 aliphatic heterocycles. The average molecular weight is 449 g/mol. The van der Waals surface area contributed by atoms with Gasteiger partial charge in [0.2, 0.25) is 0 Å². The van der Waals surface area contributed by atoms with Crippen LogP contribution in [0.4, 0.5) is 4.79 Å². The molecule has 2 aromatic rings. The van der Waals surface area contributed by atoms with E-state index in [0.717, 1.165) is 39.0 Å². The van der Waals surface area contributed by atoms with Gasteiger partial charge in [-0.1, -0.05) is 60.7 Å². The molecule has 2 heterocycles. The van der Waals surface area contributed by atoms with Gasteiger partial charge in [-0.2, -0.15) is 0 Å². The first kappa shape index (κ1) is 23.5. The molecule has 0 radical (unpaired) electrons. The van der Waals surface area contributed by atoms with Crippen molar-refractivity contribution in [2.75, 3.05) is 46.8 Å². The van der Waals surface area contributed by atoms with Gasteiger partial charge in [-0.05, 0) is 57.5 Å². The van der Waals surface area contributed by atoms with Gasteiger partial charge >= 0.3 is 6.03 Å². The van der Waals surface area contributed by atoms with Crippen LogP contribution in [-0.4, -0.2) is 83.9 Å². The maximum Gasteiger partial charge on any atom is 0.327 e. The second-order valence-electron chi connectivity index (χ2n) is 9.58. The first-order valence-corrected chi connectivity index (χ1v) is 12.1. The lowest BCUT2D eigenvalue weighted by atomic mass is 9.85. The number of amides is 3. The molecule has 6 nitrogen and oxygen atoms in total. The zero-order chi connectivity index (χ0) is 23.3. The van der Waals surface area contributed by atoms with Gasteiger partial charge in [0, 0.05) is 32.7 Å². The Labute approximate surface area is 197 Å². The number of benzene rings is 2. The first-order valence-electron chi connectivity index (χ1n) is 12.1. The van der Waals surface area contributed by atoms with Crippen LogP contribution in [0.3, 0.4) is 0 Å². The SMILES string of the molecule is CN(C)CCCN1C(=O)N(CCc2ccccc2)C2(CCN(Cc3ccccc3)CC2)C1=O. The number of hydrogen-bond acceptors (Lipinski definition) is 4. The van der Waals surface area contributed by atoms with Crippen molar-refractivity contribution in [3.05, 3.63) is 71.8 Å². The molecule has 2 fully saturated rings. The molecule has 0 bridgehead atoms. The number of nitrogens with zero attached hydrogens (tertiary/aromatic N) is 4. The lowest BCUT2D eigenvalue weighted by molar-refractivity contribution is -0.135. The summed E-state index contributed by atoms with van der Waals surface area (Å²) < 4.78 is 0. The monoisotopic (exact) mass is 448 g/mol. The van der Waals surface area contributed by atoms with Crippen LogP contribution in [0.25, 0.3) is 0 Å². The Bertz CT molecular complexity index is 924. The number of hydrogen-bond donors (Lipinski definition) is 0. The number of urea groups is 1. The first-order chi connectivity index (χ1) is 16.0. The summed E-state index contributed by atoms with van der Waals surface area (Å²) in [6.45, 7) is 4.46. The fourth-order valence-electron chi connectivity index (χ4n) is 5.13. The minimum Gasteiger partial charge on any atom is -0.309 e. The number of carbonyl (C=O) groups is 2. The zero-order valence-corrected chi connectivity index (χ0v) is 19.9. The highest BCUT2D eigenvalue weighted by Crippen LogP contribution is 2.38. The third kappa shape index (κ3) is 5.28. The molecule has 176 valence electrons. The van der Waals surface area contributed by atoms with Gasteiger partial charge in [-0.15, -0.1) is 0 Å². The van der Waals surface area contributed by atoms with E-state index in [1.54, 1.807) is 0 Å². The molecular weight excluding hydrogens is 412 g/mol. The third-order valence-electron chi connectivity index (χ3n) is 7.01. The Morgan fingerprint density at radius 3 is 2.06 bits per heavy atom. The fraction of sp³-hybridized carbons (Fsp3) is 0.481. The number of rotatable bonds is 9. The molecule has 4 rings (SSSR count). The van der Waals surface area contributed by atoms with Gasteiger partial charge in [0.25, 0.3) is 5.91 Å². The van der Waals surface area contributed by atoms with Crippen LogP contribution in [0.2, 0.25) is 0 Å². The van der Waals surface area contributed by atoms with Crippen molar-refractivity contribution in [1.29, 1.82) is 0 Å². The Balaban J connectivity index is 1.48. The van der Waals surface area contributed by atoms with Crippen molar-refractivity contribution >= 4 is 11.9 Å². The van der Waals surface area contributed by atoms with E-state index in [1.807, 2.05) is 43.3 Å². The fourth-order valence-corrected chi connectivity index (χ4v) is 5.13. The van der Waals surface area contributed by atoms with Gasteiger partial charge in [0.15, 0.2) is 0 Å². The number of piperidine rings is 1.